The van der Waals surface area contributed by atoms with E-state index in [0.717, 1.165) is 12.8 Å². The number of hydrogen-bond donors (Lipinski definition) is 0. The van der Waals surface area contributed by atoms with Crippen molar-refractivity contribution < 1.29 is 8.42 Å². The molecule has 0 aromatic heterocycles. The number of hydrogen-bond acceptors (Lipinski definition) is 2. The van der Waals surface area contributed by atoms with Crippen molar-refractivity contribution in [2.75, 3.05) is 11.9 Å². The van der Waals surface area contributed by atoms with E-state index in [4.69, 9.17) is 0 Å². The van der Waals surface area contributed by atoms with Crippen LogP contribution in [0.25, 0.3) is 0 Å². The number of sulfonamides is 1. The molecule has 5 heteroatoms. The Hall–Kier alpha value is 0.390. The Labute approximate surface area is 95.0 Å². The van der Waals surface area contributed by atoms with Crippen molar-refractivity contribution in [1.82, 2.24) is 4.31 Å². The standard InChI is InChI=1S/C9H18BrNO2S/c1-9(2,3)14(12,13)11(7-6-10)8-4-5-8/h8H,4-7H2,1-3H3. The van der Waals surface area contributed by atoms with Crippen LogP contribution in [0.2, 0.25) is 0 Å². The molecule has 1 aliphatic carbocycles. The monoisotopic (exact) mass is 283 g/mol. The molecule has 0 aromatic rings. The second kappa shape index (κ2) is 4.10. The van der Waals surface area contributed by atoms with E-state index in [9.17, 15) is 8.42 Å². The largest absolute Gasteiger partial charge is 0.219 e. The molecule has 1 aliphatic rings. The fourth-order valence-electron chi connectivity index (χ4n) is 1.30. The highest BCUT2D eigenvalue weighted by atomic mass is 79.9. The number of rotatable bonds is 4. The average molecular weight is 284 g/mol. The highest BCUT2D eigenvalue weighted by Crippen LogP contribution is 2.33. The first-order valence-corrected chi connectivity index (χ1v) is 7.44. The van der Waals surface area contributed by atoms with Crippen LogP contribution in [0, 0.1) is 0 Å². The molecule has 0 amide bonds. The summed E-state index contributed by atoms with van der Waals surface area (Å²) in [7, 11) is -3.13. The van der Waals surface area contributed by atoms with Gasteiger partial charge < -0.3 is 0 Å². The molecule has 1 saturated carbocycles. The average Bonchev–Trinajstić information content (AvgIpc) is 2.80. The maximum absolute atomic E-state index is 12.1. The normalized spacial score (nSPS) is 18.9. The second-order valence-electron chi connectivity index (χ2n) is 4.65. The Morgan fingerprint density at radius 2 is 1.86 bits per heavy atom. The molecular weight excluding hydrogens is 266 g/mol. The molecule has 0 N–H and O–H groups in total. The van der Waals surface area contributed by atoms with Gasteiger partial charge in [0.2, 0.25) is 10.0 Å². The highest BCUT2D eigenvalue weighted by molar-refractivity contribution is 9.09. The quantitative estimate of drug-likeness (QED) is 0.740. The van der Waals surface area contributed by atoms with E-state index in [1.165, 1.54) is 0 Å². The van der Waals surface area contributed by atoms with Crippen molar-refractivity contribution in [3.63, 3.8) is 0 Å². The summed E-state index contributed by atoms with van der Waals surface area (Å²) in [6, 6.07) is 0.261. The van der Waals surface area contributed by atoms with Gasteiger partial charge in [0.15, 0.2) is 0 Å². The van der Waals surface area contributed by atoms with Crippen LogP contribution >= 0.6 is 15.9 Å². The predicted octanol–water partition coefficient (Wildman–Crippen LogP) is 1.97. The van der Waals surface area contributed by atoms with E-state index >= 15 is 0 Å². The summed E-state index contributed by atoms with van der Waals surface area (Å²) in [4.78, 5) is 0. The zero-order chi connectivity index (χ0) is 11.0. The SMILES string of the molecule is CC(C)(C)S(=O)(=O)N(CCBr)C1CC1. The van der Waals surface area contributed by atoms with Gasteiger partial charge in [-0.15, -0.1) is 0 Å². The smallest absolute Gasteiger partial charge is 0.212 e. The Kier molecular flexibility index (Phi) is 3.65. The van der Waals surface area contributed by atoms with E-state index in [0.29, 0.717) is 11.9 Å². The predicted molar refractivity (Wildman–Crippen MR) is 62.2 cm³/mol. The van der Waals surface area contributed by atoms with E-state index in [-0.39, 0.29) is 6.04 Å². The molecule has 0 aromatic carbocycles. The Morgan fingerprint density at radius 1 is 1.36 bits per heavy atom. The fraction of sp³-hybridized carbons (Fsp3) is 1.00. The lowest BCUT2D eigenvalue weighted by Gasteiger charge is -2.29. The second-order valence-corrected chi connectivity index (χ2v) is 8.09. The molecule has 0 bridgehead atoms. The summed E-state index contributed by atoms with van der Waals surface area (Å²) in [5.74, 6) is 0. The Bertz CT molecular complexity index is 290. The van der Waals surface area contributed by atoms with Gasteiger partial charge in [-0.05, 0) is 33.6 Å². The summed E-state index contributed by atoms with van der Waals surface area (Å²) in [5.41, 5.74) is 0. The van der Waals surface area contributed by atoms with E-state index in [2.05, 4.69) is 15.9 Å². The molecule has 0 aliphatic heterocycles. The topological polar surface area (TPSA) is 37.4 Å². The highest BCUT2D eigenvalue weighted by Gasteiger charge is 2.42. The minimum absolute atomic E-state index is 0.261. The summed E-state index contributed by atoms with van der Waals surface area (Å²) >= 11 is 3.30. The van der Waals surface area contributed by atoms with Gasteiger partial charge in [0.25, 0.3) is 0 Å². The summed E-state index contributed by atoms with van der Waals surface area (Å²) in [6.45, 7) is 5.86. The minimum Gasteiger partial charge on any atom is -0.212 e. The van der Waals surface area contributed by atoms with Gasteiger partial charge in [-0.1, -0.05) is 15.9 Å². The lowest BCUT2D eigenvalue weighted by molar-refractivity contribution is 0.405. The zero-order valence-corrected chi connectivity index (χ0v) is 11.4. The van der Waals surface area contributed by atoms with E-state index < -0.39 is 14.8 Å². The molecular formula is C9H18BrNO2S. The first kappa shape index (κ1) is 12.5. The van der Waals surface area contributed by atoms with Crippen LogP contribution in [0.5, 0.6) is 0 Å². The maximum atomic E-state index is 12.1. The van der Waals surface area contributed by atoms with Crippen LogP contribution in [-0.4, -0.2) is 35.4 Å². The van der Waals surface area contributed by atoms with Gasteiger partial charge >= 0.3 is 0 Å². The molecule has 0 atom stereocenters. The van der Waals surface area contributed by atoms with Crippen LogP contribution in [-0.2, 0) is 10.0 Å². The first-order chi connectivity index (χ1) is 6.30. The zero-order valence-electron chi connectivity index (χ0n) is 8.96. The van der Waals surface area contributed by atoms with Crippen LogP contribution in [0.3, 0.4) is 0 Å². The third-order valence-corrected chi connectivity index (χ3v) is 5.34. The number of halogens is 1. The van der Waals surface area contributed by atoms with Crippen molar-refractivity contribution in [1.29, 1.82) is 0 Å². The molecule has 3 nitrogen and oxygen atoms in total. The maximum Gasteiger partial charge on any atom is 0.219 e. The lowest BCUT2D eigenvalue weighted by atomic mass is 10.3. The summed E-state index contributed by atoms with van der Waals surface area (Å²) in [5, 5.41) is 0.707. The van der Waals surface area contributed by atoms with Crippen molar-refractivity contribution in [3.8, 4) is 0 Å². The van der Waals surface area contributed by atoms with Crippen LogP contribution < -0.4 is 0 Å². The van der Waals surface area contributed by atoms with Gasteiger partial charge in [0.05, 0.1) is 4.75 Å². The van der Waals surface area contributed by atoms with Crippen LogP contribution in [0.15, 0.2) is 0 Å². The number of alkyl halides is 1. The Morgan fingerprint density at radius 3 is 2.14 bits per heavy atom. The third kappa shape index (κ3) is 2.49. The van der Waals surface area contributed by atoms with Crippen molar-refractivity contribution in [2.45, 2.75) is 44.4 Å². The van der Waals surface area contributed by atoms with Gasteiger partial charge in [-0.25, -0.2) is 8.42 Å². The molecule has 0 radical (unpaired) electrons. The van der Waals surface area contributed by atoms with Gasteiger partial charge in [0, 0.05) is 17.9 Å². The summed E-state index contributed by atoms with van der Waals surface area (Å²) in [6.07, 6.45) is 2.03. The Balaban J connectivity index is 2.86. The van der Waals surface area contributed by atoms with Crippen LogP contribution in [0.1, 0.15) is 33.6 Å². The third-order valence-electron chi connectivity index (χ3n) is 2.34. The van der Waals surface area contributed by atoms with Gasteiger partial charge in [0.1, 0.15) is 0 Å². The molecule has 0 heterocycles. The molecule has 1 rings (SSSR count). The summed E-state index contributed by atoms with van der Waals surface area (Å²) < 4.78 is 25.2. The molecule has 0 spiro atoms. The van der Waals surface area contributed by atoms with Crippen molar-refractivity contribution in [3.05, 3.63) is 0 Å². The van der Waals surface area contributed by atoms with Gasteiger partial charge in [-0.3, -0.25) is 0 Å². The van der Waals surface area contributed by atoms with Crippen molar-refractivity contribution >= 4 is 26.0 Å². The molecule has 84 valence electrons. The molecule has 1 fully saturated rings. The van der Waals surface area contributed by atoms with E-state index in [1.807, 2.05) is 0 Å². The molecule has 0 unspecified atom stereocenters. The van der Waals surface area contributed by atoms with Gasteiger partial charge in [-0.2, -0.15) is 4.31 Å². The molecule has 14 heavy (non-hydrogen) atoms. The molecule has 0 saturated heterocycles. The number of nitrogens with zero attached hydrogens (tertiary/aromatic N) is 1. The van der Waals surface area contributed by atoms with Crippen LogP contribution in [0.4, 0.5) is 0 Å². The minimum atomic E-state index is -3.13. The van der Waals surface area contributed by atoms with Crippen molar-refractivity contribution in [2.24, 2.45) is 0 Å². The fourth-order valence-corrected chi connectivity index (χ4v) is 3.55. The van der Waals surface area contributed by atoms with E-state index in [1.54, 1.807) is 25.1 Å². The first-order valence-electron chi connectivity index (χ1n) is 4.88. The lowest BCUT2D eigenvalue weighted by Crippen LogP contribution is -2.44.